The topological polar surface area (TPSA) is 93.1 Å². The zero-order valence-electron chi connectivity index (χ0n) is 8.84. The Morgan fingerprint density at radius 3 is 2.75 bits per heavy atom. The zero-order valence-corrected chi connectivity index (χ0v) is 8.84. The lowest BCUT2D eigenvalue weighted by Crippen LogP contribution is -2.53. The van der Waals surface area contributed by atoms with E-state index in [1.807, 2.05) is 0 Å². The van der Waals surface area contributed by atoms with Crippen molar-refractivity contribution < 1.29 is 29.0 Å². The van der Waals surface area contributed by atoms with E-state index in [1.54, 1.807) is 0 Å². The van der Waals surface area contributed by atoms with Gasteiger partial charge in [0.2, 0.25) is 5.91 Å². The van der Waals surface area contributed by atoms with Gasteiger partial charge < -0.3 is 19.5 Å². The van der Waals surface area contributed by atoms with Crippen LogP contribution in [0.5, 0.6) is 0 Å². The monoisotopic (exact) mass is 231 g/mol. The Morgan fingerprint density at radius 2 is 2.19 bits per heavy atom. The summed E-state index contributed by atoms with van der Waals surface area (Å²) >= 11 is 0. The van der Waals surface area contributed by atoms with Crippen LogP contribution in [0.3, 0.4) is 0 Å². The maximum atomic E-state index is 11.5. The lowest BCUT2D eigenvalue weighted by Gasteiger charge is -2.33. The lowest BCUT2D eigenvalue weighted by molar-refractivity contribution is -0.162. The zero-order chi connectivity index (χ0) is 12.1. The standard InChI is InChI=1S/C9H13NO6/c1-15-9(14)6-5-16-3-2-10(6)7(11)4-8(12)13/h6H,2-5H2,1H3,(H,12,13). The van der Waals surface area contributed by atoms with Gasteiger partial charge in [-0.3, -0.25) is 9.59 Å². The fourth-order valence-electron chi connectivity index (χ4n) is 1.46. The number of carbonyl (C=O) groups excluding carboxylic acids is 2. The number of rotatable bonds is 3. The highest BCUT2D eigenvalue weighted by Gasteiger charge is 2.34. The summed E-state index contributed by atoms with van der Waals surface area (Å²) in [4.78, 5) is 34.4. The number of ether oxygens (including phenoxy) is 2. The molecule has 0 aromatic carbocycles. The van der Waals surface area contributed by atoms with E-state index in [2.05, 4.69) is 4.74 Å². The molecule has 0 bridgehead atoms. The molecule has 1 unspecified atom stereocenters. The average molecular weight is 231 g/mol. The molecule has 1 saturated heterocycles. The smallest absolute Gasteiger partial charge is 0.331 e. The van der Waals surface area contributed by atoms with E-state index in [1.165, 1.54) is 12.0 Å². The normalized spacial score (nSPS) is 20.3. The number of nitrogens with zero attached hydrogens (tertiary/aromatic N) is 1. The maximum Gasteiger partial charge on any atom is 0.331 e. The predicted molar refractivity (Wildman–Crippen MR) is 50.6 cm³/mol. The summed E-state index contributed by atoms with van der Waals surface area (Å²) < 4.78 is 9.56. The number of hydrogen-bond donors (Lipinski definition) is 1. The quantitative estimate of drug-likeness (QED) is 0.487. The summed E-state index contributed by atoms with van der Waals surface area (Å²) in [6.45, 7) is 0.531. The van der Waals surface area contributed by atoms with Gasteiger partial charge in [0.05, 0.1) is 20.3 Å². The third-order valence-electron chi connectivity index (χ3n) is 2.22. The molecule has 0 aliphatic carbocycles. The molecule has 1 aliphatic rings. The first-order chi connectivity index (χ1) is 7.56. The SMILES string of the molecule is COC(=O)C1COCCN1C(=O)CC(=O)O. The Bertz CT molecular complexity index is 302. The van der Waals surface area contributed by atoms with E-state index in [-0.39, 0.29) is 13.2 Å². The molecular weight excluding hydrogens is 218 g/mol. The van der Waals surface area contributed by atoms with E-state index < -0.39 is 30.3 Å². The van der Waals surface area contributed by atoms with Gasteiger partial charge in [-0.25, -0.2) is 4.79 Å². The van der Waals surface area contributed by atoms with Gasteiger partial charge in [0.15, 0.2) is 6.04 Å². The summed E-state index contributed by atoms with van der Waals surface area (Å²) in [7, 11) is 1.21. The number of hydrogen-bond acceptors (Lipinski definition) is 5. The van der Waals surface area contributed by atoms with Crippen molar-refractivity contribution in [1.82, 2.24) is 4.90 Å². The van der Waals surface area contributed by atoms with Gasteiger partial charge in [0.1, 0.15) is 6.42 Å². The third kappa shape index (κ3) is 2.93. The molecule has 0 aromatic heterocycles. The molecule has 1 amide bonds. The van der Waals surface area contributed by atoms with Crippen molar-refractivity contribution in [2.24, 2.45) is 0 Å². The van der Waals surface area contributed by atoms with Crippen molar-refractivity contribution in [1.29, 1.82) is 0 Å². The summed E-state index contributed by atoms with van der Waals surface area (Å²) in [5, 5.41) is 8.50. The van der Waals surface area contributed by atoms with Gasteiger partial charge >= 0.3 is 11.9 Å². The Morgan fingerprint density at radius 1 is 1.50 bits per heavy atom. The van der Waals surface area contributed by atoms with Crippen LogP contribution in [0, 0.1) is 0 Å². The van der Waals surface area contributed by atoms with Crippen molar-refractivity contribution in [3.8, 4) is 0 Å². The fourth-order valence-corrected chi connectivity index (χ4v) is 1.46. The van der Waals surface area contributed by atoms with E-state index in [9.17, 15) is 14.4 Å². The molecule has 1 fully saturated rings. The third-order valence-corrected chi connectivity index (χ3v) is 2.22. The minimum atomic E-state index is -1.22. The Labute approximate surface area is 91.9 Å². The average Bonchev–Trinajstić information content (AvgIpc) is 2.27. The van der Waals surface area contributed by atoms with Gasteiger partial charge in [-0.15, -0.1) is 0 Å². The highest BCUT2D eigenvalue weighted by Crippen LogP contribution is 2.10. The van der Waals surface area contributed by atoms with Crippen LogP contribution in [0.2, 0.25) is 0 Å². The van der Waals surface area contributed by atoms with Crippen LogP contribution in [0.4, 0.5) is 0 Å². The predicted octanol–water partition coefficient (Wildman–Crippen LogP) is -1.14. The summed E-state index contributed by atoms with van der Waals surface area (Å²) in [6.07, 6.45) is -0.631. The molecule has 1 aliphatic heterocycles. The van der Waals surface area contributed by atoms with Crippen LogP contribution in [-0.2, 0) is 23.9 Å². The number of carboxylic acid groups (broad SMARTS) is 1. The van der Waals surface area contributed by atoms with E-state index >= 15 is 0 Å². The summed E-state index contributed by atoms with van der Waals surface area (Å²) in [5.74, 6) is -2.43. The molecule has 1 heterocycles. The molecule has 1 N–H and O–H groups in total. The molecule has 0 aromatic rings. The van der Waals surface area contributed by atoms with Gasteiger partial charge in [-0.05, 0) is 0 Å². The van der Waals surface area contributed by atoms with Gasteiger partial charge in [0, 0.05) is 6.54 Å². The van der Waals surface area contributed by atoms with Crippen LogP contribution in [0.15, 0.2) is 0 Å². The molecule has 16 heavy (non-hydrogen) atoms. The second-order valence-corrected chi connectivity index (χ2v) is 3.27. The number of methoxy groups -OCH3 is 1. The Balaban J connectivity index is 2.69. The Hall–Kier alpha value is -1.63. The van der Waals surface area contributed by atoms with Crippen LogP contribution < -0.4 is 0 Å². The molecule has 90 valence electrons. The van der Waals surface area contributed by atoms with Crippen LogP contribution in [-0.4, -0.2) is 60.8 Å². The number of carboxylic acids is 1. The number of aliphatic carboxylic acids is 1. The molecule has 0 spiro atoms. The fraction of sp³-hybridized carbons (Fsp3) is 0.667. The number of carbonyl (C=O) groups is 3. The van der Waals surface area contributed by atoms with Crippen LogP contribution >= 0.6 is 0 Å². The van der Waals surface area contributed by atoms with Crippen molar-refractivity contribution in [2.45, 2.75) is 12.5 Å². The lowest BCUT2D eigenvalue weighted by atomic mass is 10.2. The van der Waals surface area contributed by atoms with E-state index in [4.69, 9.17) is 9.84 Å². The van der Waals surface area contributed by atoms with Gasteiger partial charge in [0.25, 0.3) is 0 Å². The second-order valence-electron chi connectivity index (χ2n) is 3.27. The molecule has 1 rings (SSSR count). The van der Waals surface area contributed by atoms with E-state index in [0.717, 1.165) is 0 Å². The number of amides is 1. The molecule has 7 nitrogen and oxygen atoms in total. The highest BCUT2D eigenvalue weighted by atomic mass is 16.5. The molecule has 0 radical (unpaired) electrons. The second kappa shape index (κ2) is 5.45. The number of morpholine rings is 1. The number of esters is 1. The van der Waals surface area contributed by atoms with Crippen molar-refractivity contribution in [3.05, 3.63) is 0 Å². The molecule has 7 heteroatoms. The van der Waals surface area contributed by atoms with Crippen molar-refractivity contribution >= 4 is 17.8 Å². The van der Waals surface area contributed by atoms with Crippen LogP contribution in [0.1, 0.15) is 6.42 Å². The van der Waals surface area contributed by atoms with Crippen LogP contribution in [0.25, 0.3) is 0 Å². The molecule has 0 saturated carbocycles. The van der Waals surface area contributed by atoms with Gasteiger partial charge in [-0.2, -0.15) is 0 Å². The largest absolute Gasteiger partial charge is 0.481 e. The maximum absolute atomic E-state index is 11.5. The Kier molecular flexibility index (Phi) is 4.24. The highest BCUT2D eigenvalue weighted by molar-refractivity contribution is 5.95. The van der Waals surface area contributed by atoms with Crippen molar-refractivity contribution in [2.75, 3.05) is 26.9 Å². The molecular formula is C9H13NO6. The minimum Gasteiger partial charge on any atom is -0.481 e. The first-order valence-corrected chi connectivity index (χ1v) is 4.73. The van der Waals surface area contributed by atoms with E-state index in [0.29, 0.717) is 6.61 Å². The van der Waals surface area contributed by atoms with Crippen molar-refractivity contribution in [3.63, 3.8) is 0 Å². The van der Waals surface area contributed by atoms with Gasteiger partial charge in [-0.1, -0.05) is 0 Å². The minimum absolute atomic E-state index is 0.0397. The summed E-state index contributed by atoms with van der Waals surface area (Å²) in [6, 6.07) is -0.842. The first kappa shape index (κ1) is 12.4. The summed E-state index contributed by atoms with van der Waals surface area (Å²) in [5.41, 5.74) is 0. The molecule has 1 atom stereocenters. The first-order valence-electron chi connectivity index (χ1n) is 4.73.